The Morgan fingerprint density at radius 1 is 0.964 bits per heavy atom. The topological polar surface area (TPSA) is 35.5 Å². The van der Waals surface area contributed by atoms with Crippen molar-refractivity contribution in [2.24, 2.45) is 0 Å². The Morgan fingerprint density at radius 3 is 1.93 bits per heavy atom. The van der Waals surface area contributed by atoms with Crippen LogP contribution in [0.25, 0.3) is 0 Å². The van der Waals surface area contributed by atoms with Crippen molar-refractivity contribution in [1.29, 1.82) is 0 Å². The molecule has 0 aliphatic rings. The maximum absolute atomic E-state index is 14.0. The zero-order chi connectivity index (χ0) is 22.2. The molecule has 1 rings (SSSR count). The molecule has 0 radical (unpaired) electrons. The van der Waals surface area contributed by atoms with E-state index in [2.05, 4.69) is 0 Å². The van der Waals surface area contributed by atoms with Crippen molar-refractivity contribution in [1.82, 2.24) is 0 Å². The van der Waals surface area contributed by atoms with Gasteiger partial charge in [-0.3, -0.25) is 4.79 Å². The molecule has 1 aromatic rings. The van der Waals surface area contributed by atoms with Gasteiger partial charge in [0.05, 0.1) is 12.0 Å². The van der Waals surface area contributed by atoms with Gasteiger partial charge in [-0.2, -0.15) is 39.5 Å². The third kappa shape index (κ3) is 4.36. The van der Waals surface area contributed by atoms with Crippen LogP contribution >= 0.6 is 0 Å². The average molecular weight is 426 g/mol. The highest BCUT2D eigenvalue weighted by molar-refractivity contribution is 5.69. The molecule has 1 atom stereocenters. The molecule has 0 saturated heterocycles. The summed E-state index contributed by atoms with van der Waals surface area (Å²) in [5.74, 6) is -20.6. The van der Waals surface area contributed by atoms with Crippen molar-refractivity contribution in [3.63, 3.8) is 0 Å². The summed E-state index contributed by atoms with van der Waals surface area (Å²) < 4.78 is 127. The highest BCUT2D eigenvalue weighted by atomic mass is 19.4. The molecule has 3 nitrogen and oxygen atoms in total. The first-order valence-electron chi connectivity index (χ1n) is 7.45. The molecule has 0 saturated carbocycles. The predicted molar refractivity (Wildman–Crippen MR) is 77.6 cm³/mol. The number of halogens is 9. The first kappa shape index (κ1) is 24.1. The minimum atomic E-state index is -6.99. The second kappa shape index (κ2) is 7.45. The van der Waals surface area contributed by atoms with Crippen molar-refractivity contribution in [2.75, 3.05) is 7.11 Å². The smallest absolute Gasteiger partial charge is 0.427 e. The summed E-state index contributed by atoms with van der Waals surface area (Å²) in [6.07, 6.45) is -9.13. The fourth-order valence-corrected chi connectivity index (χ4v) is 2.29. The lowest BCUT2D eigenvalue weighted by atomic mass is 9.85. The van der Waals surface area contributed by atoms with Crippen molar-refractivity contribution in [3.05, 3.63) is 29.8 Å². The zero-order valence-electron chi connectivity index (χ0n) is 14.6. The van der Waals surface area contributed by atoms with E-state index in [0.29, 0.717) is 0 Å². The Bertz CT molecular complexity index is 716. The average Bonchev–Trinajstić information content (AvgIpc) is 2.52. The number of esters is 1. The molecule has 0 N–H and O–H groups in total. The van der Waals surface area contributed by atoms with Crippen LogP contribution in [0.3, 0.4) is 0 Å². The number of carbonyl (C=O) groups is 1. The van der Waals surface area contributed by atoms with Crippen molar-refractivity contribution < 1.29 is 53.8 Å². The lowest BCUT2D eigenvalue weighted by Crippen LogP contribution is -2.62. The van der Waals surface area contributed by atoms with Crippen LogP contribution in [0.15, 0.2) is 24.3 Å². The second-order valence-corrected chi connectivity index (χ2v) is 6.08. The SMILES string of the molecule is COC(C)(CC(F)(F)C(F)(F)C(F)(F)C(F)(F)F)c1cccc(OC(C)=O)c1. The van der Waals surface area contributed by atoms with Gasteiger partial charge in [0, 0.05) is 14.0 Å². The Hall–Kier alpha value is -1.98. The van der Waals surface area contributed by atoms with Crippen LogP contribution < -0.4 is 4.74 Å². The molecule has 0 spiro atoms. The summed E-state index contributed by atoms with van der Waals surface area (Å²) in [6, 6.07) is 4.35. The quantitative estimate of drug-likeness (QED) is 0.336. The Labute approximate surface area is 153 Å². The van der Waals surface area contributed by atoms with Crippen molar-refractivity contribution in [2.45, 2.75) is 49.8 Å². The van der Waals surface area contributed by atoms with Gasteiger partial charge in [0.2, 0.25) is 0 Å². The van der Waals surface area contributed by atoms with Crippen LogP contribution in [-0.2, 0) is 15.1 Å². The number of hydrogen-bond acceptors (Lipinski definition) is 3. The lowest BCUT2D eigenvalue weighted by Gasteiger charge is -2.38. The maximum atomic E-state index is 14.0. The molecule has 0 amide bonds. The van der Waals surface area contributed by atoms with Gasteiger partial charge in [-0.15, -0.1) is 0 Å². The van der Waals surface area contributed by atoms with E-state index in [0.717, 1.165) is 39.2 Å². The van der Waals surface area contributed by atoms with Crippen LogP contribution in [0.1, 0.15) is 25.8 Å². The minimum Gasteiger partial charge on any atom is -0.427 e. The third-order valence-electron chi connectivity index (χ3n) is 3.93. The van der Waals surface area contributed by atoms with Crippen LogP contribution in [0, 0.1) is 0 Å². The van der Waals surface area contributed by atoms with E-state index < -0.39 is 41.9 Å². The summed E-state index contributed by atoms with van der Waals surface area (Å²) in [7, 11) is 0.772. The van der Waals surface area contributed by atoms with Gasteiger partial charge in [-0.05, 0) is 24.6 Å². The van der Waals surface area contributed by atoms with E-state index in [-0.39, 0.29) is 11.3 Å². The third-order valence-corrected chi connectivity index (χ3v) is 3.93. The van der Waals surface area contributed by atoms with E-state index in [9.17, 15) is 44.3 Å². The molecular formula is C16H15F9O3. The second-order valence-electron chi connectivity index (χ2n) is 6.08. The van der Waals surface area contributed by atoms with Crippen LogP contribution in [-0.4, -0.2) is 37.0 Å². The van der Waals surface area contributed by atoms with Gasteiger partial charge in [0.1, 0.15) is 5.75 Å². The molecule has 0 heterocycles. The number of alkyl halides is 9. The van der Waals surface area contributed by atoms with Gasteiger partial charge in [0.15, 0.2) is 0 Å². The van der Waals surface area contributed by atoms with Gasteiger partial charge in [0.25, 0.3) is 0 Å². The Morgan fingerprint density at radius 2 is 1.50 bits per heavy atom. The first-order chi connectivity index (χ1) is 12.4. The van der Waals surface area contributed by atoms with E-state index in [4.69, 9.17) is 9.47 Å². The largest absolute Gasteiger partial charge is 0.460 e. The normalized spacial score (nSPS) is 15.9. The molecule has 1 unspecified atom stereocenters. The lowest BCUT2D eigenvalue weighted by molar-refractivity contribution is -0.400. The molecule has 0 aromatic heterocycles. The Kier molecular flexibility index (Phi) is 6.40. The first-order valence-corrected chi connectivity index (χ1v) is 7.45. The summed E-state index contributed by atoms with van der Waals surface area (Å²) in [6.45, 7) is 1.80. The number of ether oxygens (including phenoxy) is 2. The number of benzene rings is 1. The molecule has 12 heteroatoms. The molecule has 160 valence electrons. The van der Waals surface area contributed by atoms with Gasteiger partial charge in [-0.25, -0.2) is 0 Å². The Balaban J connectivity index is 3.35. The summed E-state index contributed by atoms with van der Waals surface area (Å²) >= 11 is 0. The van der Waals surface area contributed by atoms with Gasteiger partial charge in [-0.1, -0.05) is 12.1 Å². The molecule has 0 fully saturated rings. The molecule has 0 bridgehead atoms. The monoisotopic (exact) mass is 426 g/mol. The zero-order valence-corrected chi connectivity index (χ0v) is 14.6. The fourth-order valence-electron chi connectivity index (χ4n) is 2.29. The minimum absolute atomic E-state index is 0.205. The summed E-state index contributed by atoms with van der Waals surface area (Å²) in [4.78, 5) is 10.9. The summed E-state index contributed by atoms with van der Waals surface area (Å²) in [5.41, 5.74) is -2.75. The van der Waals surface area contributed by atoms with Crippen LogP contribution in [0.2, 0.25) is 0 Å². The van der Waals surface area contributed by atoms with Crippen LogP contribution in [0.5, 0.6) is 5.75 Å². The summed E-state index contributed by atoms with van der Waals surface area (Å²) in [5, 5.41) is 0. The molecule has 0 aliphatic heterocycles. The number of hydrogen-bond donors (Lipinski definition) is 0. The number of rotatable bonds is 7. The predicted octanol–water partition coefficient (Wildman–Crippen LogP) is 5.33. The van der Waals surface area contributed by atoms with E-state index in [1.807, 2.05) is 0 Å². The maximum Gasteiger partial charge on any atom is 0.460 e. The van der Waals surface area contributed by atoms with E-state index in [1.54, 1.807) is 0 Å². The van der Waals surface area contributed by atoms with E-state index >= 15 is 0 Å². The van der Waals surface area contributed by atoms with Crippen molar-refractivity contribution in [3.8, 4) is 5.75 Å². The molecule has 0 aliphatic carbocycles. The highest BCUT2D eigenvalue weighted by Gasteiger charge is 2.82. The number of methoxy groups -OCH3 is 1. The number of carbonyl (C=O) groups excluding carboxylic acids is 1. The molecule has 28 heavy (non-hydrogen) atoms. The molecule has 1 aromatic carbocycles. The highest BCUT2D eigenvalue weighted by Crippen LogP contribution is 2.56. The fraction of sp³-hybridized carbons (Fsp3) is 0.562. The van der Waals surface area contributed by atoms with Crippen LogP contribution in [0.4, 0.5) is 39.5 Å². The van der Waals surface area contributed by atoms with Crippen molar-refractivity contribution >= 4 is 5.97 Å². The molecular weight excluding hydrogens is 411 g/mol. The van der Waals surface area contributed by atoms with Gasteiger partial charge >= 0.3 is 29.9 Å². The van der Waals surface area contributed by atoms with Gasteiger partial charge < -0.3 is 9.47 Å². The van der Waals surface area contributed by atoms with E-state index in [1.165, 1.54) is 6.07 Å². The standard InChI is InChI=1S/C16H15F9O3/c1-9(26)28-11-6-4-5-10(7-11)12(2,27-3)8-13(17,18)14(19,20)15(21,22)16(23,24)25/h4-7H,8H2,1-3H3.